The molecule has 4 atom stereocenters. The first-order valence-corrected chi connectivity index (χ1v) is 13.1. The molecule has 1 aromatic carbocycles. The Balaban J connectivity index is 1.50. The summed E-state index contributed by atoms with van der Waals surface area (Å²) in [5.41, 5.74) is 0.924. The average molecular weight is 488 g/mol. The Labute approximate surface area is 208 Å². The number of hydrogen-bond donors (Lipinski definition) is 5. The molecule has 2 aliphatic carbocycles. The van der Waals surface area contributed by atoms with Crippen LogP contribution in [0.25, 0.3) is 0 Å². The van der Waals surface area contributed by atoms with E-state index in [1.807, 2.05) is 30.3 Å². The first-order valence-electron chi connectivity index (χ1n) is 13.1. The molecule has 0 spiro atoms. The van der Waals surface area contributed by atoms with Gasteiger partial charge in [-0.25, -0.2) is 0 Å². The lowest BCUT2D eigenvalue weighted by atomic mass is 9.82. The number of carbonyl (C=O) groups is 3. The zero-order valence-corrected chi connectivity index (χ0v) is 20.7. The maximum absolute atomic E-state index is 12.7. The number of rotatable bonds is 13. The highest BCUT2D eigenvalue weighted by molar-refractivity contribution is 5.87. The Hall–Kier alpha value is -2.45. The van der Waals surface area contributed by atoms with Gasteiger partial charge in [0.2, 0.25) is 17.7 Å². The van der Waals surface area contributed by atoms with Crippen LogP contribution in [0.2, 0.25) is 0 Å². The van der Waals surface area contributed by atoms with Crippen molar-refractivity contribution in [2.45, 2.75) is 95.4 Å². The summed E-state index contributed by atoms with van der Waals surface area (Å²) in [4.78, 5) is 37.0. The van der Waals surface area contributed by atoms with Crippen LogP contribution in [0.15, 0.2) is 30.3 Å². The fourth-order valence-corrected chi connectivity index (χ4v) is 5.03. The number of benzene rings is 1. The van der Waals surface area contributed by atoms with Crippen LogP contribution >= 0.6 is 0 Å². The van der Waals surface area contributed by atoms with E-state index in [1.165, 1.54) is 13.3 Å². The van der Waals surface area contributed by atoms with Gasteiger partial charge < -0.3 is 26.2 Å². The quantitative estimate of drug-likeness (QED) is 0.290. The molecule has 3 amide bonds. The fourth-order valence-electron chi connectivity index (χ4n) is 5.03. The molecule has 0 radical (unpaired) electrons. The SMILES string of the molecule is CC(=O)N[C@@H](Cc1ccccc1)C(=O)NCCC(=O)N[C@@H](CC1CCCCC1)[C@@H](O)[C@@H](O)C1CC1. The van der Waals surface area contributed by atoms with Gasteiger partial charge in [-0.05, 0) is 36.7 Å². The van der Waals surface area contributed by atoms with Crippen molar-refractivity contribution in [2.75, 3.05) is 6.54 Å². The molecular weight excluding hydrogens is 446 g/mol. The van der Waals surface area contributed by atoms with E-state index in [9.17, 15) is 24.6 Å². The van der Waals surface area contributed by atoms with Crippen molar-refractivity contribution < 1.29 is 24.6 Å². The normalized spacial score (nSPS) is 19.7. The predicted molar refractivity (Wildman–Crippen MR) is 133 cm³/mol. The lowest BCUT2D eigenvalue weighted by Crippen LogP contribution is -2.51. The Kier molecular flexibility index (Phi) is 10.5. The maximum Gasteiger partial charge on any atom is 0.242 e. The minimum atomic E-state index is -0.988. The van der Waals surface area contributed by atoms with Gasteiger partial charge in [-0.3, -0.25) is 14.4 Å². The molecule has 0 aromatic heterocycles. The van der Waals surface area contributed by atoms with Gasteiger partial charge in [-0.1, -0.05) is 62.4 Å². The van der Waals surface area contributed by atoms with E-state index in [0.29, 0.717) is 18.8 Å². The third-order valence-electron chi connectivity index (χ3n) is 7.15. The van der Waals surface area contributed by atoms with Crippen LogP contribution in [-0.4, -0.2) is 58.8 Å². The van der Waals surface area contributed by atoms with Crippen LogP contribution in [-0.2, 0) is 20.8 Å². The Morgan fingerprint density at radius 3 is 2.29 bits per heavy atom. The lowest BCUT2D eigenvalue weighted by molar-refractivity contribution is -0.128. The Morgan fingerprint density at radius 1 is 0.971 bits per heavy atom. The first-order chi connectivity index (χ1) is 16.8. The highest BCUT2D eigenvalue weighted by Gasteiger charge is 2.39. The molecule has 3 rings (SSSR count). The van der Waals surface area contributed by atoms with Crippen molar-refractivity contribution in [1.29, 1.82) is 0 Å². The summed E-state index contributed by atoms with van der Waals surface area (Å²) in [6.07, 6.45) is 6.80. The maximum atomic E-state index is 12.7. The second-order valence-corrected chi connectivity index (χ2v) is 10.2. The monoisotopic (exact) mass is 487 g/mol. The summed E-state index contributed by atoms with van der Waals surface area (Å²) in [5, 5.41) is 29.6. The van der Waals surface area contributed by atoms with E-state index in [-0.39, 0.29) is 36.6 Å². The van der Waals surface area contributed by atoms with E-state index in [4.69, 9.17) is 0 Å². The van der Waals surface area contributed by atoms with Crippen LogP contribution in [0.3, 0.4) is 0 Å². The molecule has 2 saturated carbocycles. The fraction of sp³-hybridized carbons (Fsp3) is 0.667. The van der Waals surface area contributed by atoms with Crippen molar-refractivity contribution in [2.24, 2.45) is 11.8 Å². The van der Waals surface area contributed by atoms with Gasteiger partial charge in [0, 0.05) is 26.3 Å². The largest absolute Gasteiger partial charge is 0.390 e. The van der Waals surface area contributed by atoms with Gasteiger partial charge in [0.25, 0.3) is 0 Å². The zero-order valence-electron chi connectivity index (χ0n) is 20.7. The second kappa shape index (κ2) is 13.6. The van der Waals surface area contributed by atoms with Gasteiger partial charge in [0.05, 0.1) is 12.1 Å². The minimum absolute atomic E-state index is 0.0529. The number of aliphatic hydroxyl groups is 2. The molecule has 8 heteroatoms. The smallest absolute Gasteiger partial charge is 0.242 e. The van der Waals surface area contributed by atoms with Crippen LogP contribution in [0, 0.1) is 11.8 Å². The van der Waals surface area contributed by atoms with Crippen molar-refractivity contribution in [3.8, 4) is 0 Å². The summed E-state index contributed by atoms with van der Waals surface area (Å²) >= 11 is 0. The number of aliphatic hydroxyl groups excluding tert-OH is 2. The van der Waals surface area contributed by atoms with Crippen LogP contribution in [0.4, 0.5) is 0 Å². The number of hydrogen-bond acceptors (Lipinski definition) is 5. The van der Waals surface area contributed by atoms with Gasteiger partial charge in [-0.15, -0.1) is 0 Å². The molecule has 2 aliphatic rings. The number of carbonyl (C=O) groups excluding carboxylic acids is 3. The van der Waals surface area contributed by atoms with Crippen molar-refractivity contribution in [1.82, 2.24) is 16.0 Å². The molecule has 2 fully saturated rings. The first kappa shape index (κ1) is 27.1. The topological polar surface area (TPSA) is 128 Å². The van der Waals surface area contributed by atoms with E-state index < -0.39 is 24.3 Å². The van der Waals surface area contributed by atoms with E-state index in [1.54, 1.807) is 0 Å². The Bertz CT molecular complexity index is 823. The van der Waals surface area contributed by atoms with Crippen molar-refractivity contribution in [3.63, 3.8) is 0 Å². The zero-order chi connectivity index (χ0) is 25.2. The molecule has 194 valence electrons. The molecule has 0 heterocycles. The van der Waals surface area contributed by atoms with E-state index in [2.05, 4.69) is 16.0 Å². The third kappa shape index (κ3) is 9.26. The summed E-state index contributed by atoms with van der Waals surface area (Å²) in [7, 11) is 0. The number of nitrogens with one attached hydrogen (secondary N) is 3. The van der Waals surface area contributed by atoms with Crippen molar-refractivity contribution >= 4 is 17.7 Å². The third-order valence-corrected chi connectivity index (χ3v) is 7.15. The predicted octanol–water partition coefficient (Wildman–Crippen LogP) is 1.83. The molecule has 0 saturated heterocycles. The molecule has 35 heavy (non-hydrogen) atoms. The molecule has 8 nitrogen and oxygen atoms in total. The molecular formula is C27H41N3O5. The van der Waals surface area contributed by atoms with Crippen molar-refractivity contribution in [3.05, 3.63) is 35.9 Å². The summed E-state index contributed by atoms with van der Waals surface area (Å²) < 4.78 is 0. The Morgan fingerprint density at radius 2 is 1.66 bits per heavy atom. The highest BCUT2D eigenvalue weighted by Crippen LogP contribution is 2.36. The van der Waals surface area contributed by atoms with Gasteiger partial charge in [0.15, 0.2) is 0 Å². The summed E-state index contributed by atoms with van der Waals surface area (Å²) in [6.45, 7) is 1.49. The van der Waals surface area contributed by atoms with E-state index >= 15 is 0 Å². The second-order valence-electron chi connectivity index (χ2n) is 10.2. The van der Waals surface area contributed by atoms with Gasteiger partial charge >= 0.3 is 0 Å². The van der Waals surface area contributed by atoms with Crippen LogP contribution in [0.1, 0.15) is 70.3 Å². The molecule has 1 aromatic rings. The molecule has 0 unspecified atom stereocenters. The average Bonchev–Trinajstić information content (AvgIpc) is 3.69. The van der Waals surface area contributed by atoms with Gasteiger partial charge in [0.1, 0.15) is 12.1 Å². The summed E-state index contributed by atoms with van der Waals surface area (Å²) in [6, 6.07) is 8.20. The van der Waals surface area contributed by atoms with Crippen LogP contribution < -0.4 is 16.0 Å². The molecule has 0 bridgehead atoms. The summed E-state index contributed by atoms with van der Waals surface area (Å²) in [5.74, 6) is -0.365. The molecule has 0 aliphatic heterocycles. The lowest BCUT2D eigenvalue weighted by Gasteiger charge is -2.32. The molecule has 5 N–H and O–H groups in total. The van der Waals surface area contributed by atoms with E-state index in [0.717, 1.165) is 44.1 Å². The van der Waals surface area contributed by atoms with Crippen LogP contribution in [0.5, 0.6) is 0 Å². The highest BCUT2D eigenvalue weighted by atomic mass is 16.3. The number of amides is 3. The van der Waals surface area contributed by atoms with Gasteiger partial charge in [-0.2, -0.15) is 0 Å². The standard InChI is InChI=1S/C27H41N3O5/c1-18(31)29-23(17-20-10-6-3-7-11-20)27(35)28-15-14-24(32)30-22(16-19-8-4-2-5-9-19)26(34)25(33)21-12-13-21/h3,6-7,10-11,19,21-23,25-26,33-34H,2,4-5,8-9,12-17H2,1H3,(H,28,35)(H,29,31)(H,30,32)/t22-,23-,25-,26+/m0/s1. The minimum Gasteiger partial charge on any atom is -0.390 e.